The SMILES string of the molecule is COc1ccccc1C(=O)N1CCC(Cn2ccnn2)CC1. The van der Waals surface area contributed by atoms with Crippen LogP contribution in [0.4, 0.5) is 0 Å². The molecule has 1 aromatic heterocycles. The average molecular weight is 300 g/mol. The standard InChI is InChI=1S/C16H20N4O2/c1-22-15-5-3-2-4-14(15)16(21)19-9-6-13(7-10-19)12-20-11-8-17-18-20/h2-5,8,11,13H,6-7,9-10,12H2,1H3. The maximum absolute atomic E-state index is 12.6. The lowest BCUT2D eigenvalue weighted by Gasteiger charge is -2.32. The summed E-state index contributed by atoms with van der Waals surface area (Å²) in [6.07, 6.45) is 5.55. The highest BCUT2D eigenvalue weighted by atomic mass is 16.5. The number of hydrogen-bond donors (Lipinski definition) is 0. The Morgan fingerprint density at radius 1 is 1.32 bits per heavy atom. The van der Waals surface area contributed by atoms with Gasteiger partial charge in [0.05, 0.1) is 18.9 Å². The van der Waals surface area contributed by atoms with Crippen LogP contribution in [0.2, 0.25) is 0 Å². The molecule has 6 heteroatoms. The fourth-order valence-electron chi connectivity index (χ4n) is 2.90. The number of hydrogen-bond acceptors (Lipinski definition) is 4. The number of rotatable bonds is 4. The number of carbonyl (C=O) groups excluding carboxylic acids is 1. The third-order valence-corrected chi connectivity index (χ3v) is 4.16. The number of piperidine rings is 1. The second kappa shape index (κ2) is 6.60. The van der Waals surface area contributed by atoms with Gasteiger partial charge in [-0.15, -0.1) is 5.10 Å². The second-order valence-corrected chi connectivity index (χ2v) is 5.56. The minimum absolute atomic E-state index is 0.0525. The van der Waals surface area contributed by atoms with Crippen LogP contribution in [0.25, 0.3) is 0 Å². The van der Waals surface area contributed by atoms with E-state index in [9.17, 15) is 4.79 Å². The van der Waals surface area contributed by atoms with Crippen molar-refractivity contribution in [3.8, 4) is 5.75 Å². The molecule has 0 bridgehead atoms. The van der Waals surface area contributed by atoms with Crippen molar-refractivity contribution < 1.29 is 9.53 Å². The van der Waals surface area contributed by atoms with E-state index in [1.165, 1.54) is 0 Å². The van der Waals surface area contributed by atoms with E-state index in [0.29, 0.717) is 17.2 Å². The van der Waals surface area contributed by atoms with Gasteiger partial charge in [0.15, 0.2) is 0 Å². The van der Waals surface area contributed by atoms with Gasteiger partial charge in [0.2, 0.25) is 0 Å². The zero-order valence-electron chi connectivity index (χ0n) is 12.7. The van der Waals surface area contributed by atoms with Crippen molar-refractivity contribution in [2.45, 2.75) is 19.4 Å². The summed E-state index contributed by atoms with van der Waals surface area (Å²) in [7, 11) is 1.59. The Bertz CT molecular complexity index is 619. The van der Waals surface area contributed by atoms with Crippen LogP contribution in [0.3, 0.4) is 0 Å². The molecule has 116 valence electrons. The number of nitrogens with zero attached hydrogens (tertiary/aromatic N) is 4. The van der Waals surface area contributed by atoms with Gasteiger partial charge in [-0.2, -0.15) is 0 Å². The average Bonchev–Trinajstić information content (AvgIpc) is 3.08. The molecule has 1 fully saturated rings. The van der Waals surface area contributed by atoms with Crippen molar-refractivity contribution in [2.24, 2.45) is 5.92 Å². The third-order valence-electron chi connectivity index (χ3n) is 4.16. The van der Waals surface area contributed by atoms with Crippen molar-refractivity contribution >= 4 is 5.91 Å². The van der Waals surface area contributed by atoms with Crippen LogP contribution in [-0.4, -0.2) is 46.0 Å². The lowest BCUT2D eigenvalue weighted by Crippen LogP contribution is -2.39. The Morgan fingerprint density at radius 3 is 2.77 bits per heavy atom. The molecule has 1 aliphatic heterocycles. The zero-order chi connectivity index (χ0) is 15.4. The molecular formula is C16H20N4O2. The van der Waals surface area contributed by atoms with Crippen molar-refractivity contribution in [2.75, 3.05) is 20.2 Å². The number of amides is 1. The topological polar surface area (TPSA) is 60.2 Å². The Kier molecular flexibility index (Phi) is 4.37. The van der Waals surface area contributed by atoms with Gasteiger partial charge in [-0.05, 0) is 30.9 Å². The molecule has 1 saturated heterocycles. The molecule has 2 heterocycles. The lowest BCUT2D eigenvalue weighted by atomic mass is 9.96. The summed E-state index contributed by atoms with van der Waals surface area (Å²) in [4.78, 5) is 14.5. The number of para-hydroxylation sites is 1. The predicted molar refractivity (Wildman–Crippen MR) is 81.6 cm³/mol. The van der Waals surface area contributed by atoms with Crippen molar-refractivity contribution in [3.63, 3.8) is 0 Å². The number of aromatic nitrogens is 3. The minimum atomic E-state index is 0.0525. The largest absolute Gasteiger partial charge is 0.496 e. The highest BCUT2D eigenvalue weighted by molar-refractivity contribution is 5.97. The molecule has 1 amide bonds. The van der Waals surface area contributed by atoms with E-state index < -0.39 is 0 Å². The van der Waals surface area contributed by atoms with Gasteiger partial charge in [0.1, 0.15) is 5.75 Å². The van der Waals surface area contributed by atoms with Crippen LogP contribution >= 0.6 is 0 Å². The van der Waals surface area contributed by atoms with Crippen molar-refractivity contribution in [1.82, 2.24) is 19.9 Å². The summed E-state index contributed by atoms with van der Waals surface area (Å²) in [5, 5.41) is 7.83. The van der Waals surface area contributed by atoms with Crippen LogP contribution in [-0.2, 0) is 6.54 Å². The fraction of sp³-hybridized carbons (Fsp3) is 0.438. The van der Waals surface area contributed by atoms with Crippen molar-refractivity contribution in [3.05, 3.63) is 42.2 Å². The smallest absolute Gasteiger partial charge is 0.257 e. The van der Waals surface area contributed by atoms with Gasteiger partial charge in [0.25, 0.3) is 5.91 Å². The Morgan fingerprint density at radius 2 is 2.09 bits per heavy atom. The molecule has 1 aromatic carbocycles. The highest BCUT2D eigenvalue weighted by Gasteiger charge is 2.25. The second-order valence-electron chi connectivity index (χ2n) is 5.56. The molecule has 6 nitrogen and oxygen atoms in total. The summed E-state index contributed by atoms with van der Waals surface area (Å²) in [5.74, 6) is 1.23. The van der Waals surface area contributed by atoms with E-state index >= 15 is 0 Å². The zero-order valence-corrected chi connectivity index (χ0v) is 12.7. The summed E-state index contributed by atoms with van der Waals surface area (Å²) >= 11 is 0. The Hall–Kier alpha value is -2.37. The Balaban J connectivity index is 1.60. The van der Waals surface area contributed by atoms with Gasteiger partial charge in [-0.3, -0.25) is 9.48 Å². The van der Waals surface area contributed by atoms with Crippen molar-refractivity contribution in [1.29, 1.82) is 0 Å². The van der Waals surface area contributed by atoms with Crippen LogP contribution < -0.4 is 4.74 Å². The molecule has 0 N–H and O–H groups in total. The molecule has 0 atom stereocenters. The molecule has 22 heavy (non-hydrogen) atoms. The summed E-state index contributed by atoms with van der Waals surface area (Å²) < 4.78 is 7.15. The molecule has 0 unspecified atom stereocenters. The first-order valence-electron chi connectivity index (χ1n) is 7.54. The van der Waals surface area contributed by atoms with E-state index in [1.54, 1.807) is 13.3 Å². The molecule has 0 radical (unpaired) electrons. The van der Waals surface area contributed by atoms with Crippen LogP contribution in [0, 0.1) is 5.92 Å². The van der Waals surface area contributed by atoms with Gasteiger partial charge in [0, 0.05) is 25.8 Å². The van der Waals surface area contributed by atoms with E-state index in [4.69, 9.17) is 4.74 Å². The molecule has 1 aliphatic rings. The van der Waals surface area contributed by atoms with Gasteiger partial charge < -0.3 is 9.64 Å². The van der Waals surface area contributed by atoms with Crippen LogP contribution in [0.1, 0.15) is 23.2 Å². The maximum Gasteiger partial charge on any atom is 0.257 e. The third kappa shape index (κ3) is 3.10. The Labute approximate surface area is 129 Å². The van der Waals surface area contributed by atoms with Gasteiger partial charge in [-0.25, -0.2) is 0 Å². The van der Waals surface area contributed by atoms with E-state index in [-0.39, 0.29) is 5.91 Å². The lowest BCUT2D eigenvalue weighted by molar-refractivity contribution is 0.0677. The van der Waals surface area contributed by atoms with E-state index in [1.807, 2.05) is 40.0 Å². The molecule has 0 aliphatic carbocycles. The molecular weight excluding hydrogens is 280 g/mol. The highest BCUT2D eigenvalue weighted by Crippen LogP contribution is 2.24. The normalized spacial score (nSPS) is 15.8. The number of likely N-dealkylation sites (tertiary alicyclic amines) is 1. The number of ether oxygens (including phenoxy) is 1. The first kappa shape index (κ1) is 14.6. The quantitative estimate of drug-likeness (QED) is 0.864. The number of carbonyl (C=O) groups is 1. The first-order valence-corrected chi connectivity index (χ1v) is 7.54. The van der Waals surface area contributed by atoms with Gasteiger partial charge >= 0.3 is 0 Å². The van der Waals surface area contributed by atoms with E-state index in [0.717, 1.165) is 32.5 Å². The summed E-state index contributed by atoms with van der Waals surface area (Å²) in [5.41, 5.74) is 0.639. The van der Waals surface area contributed by atoms with Crippen LogP contribution in [0.15, 0.2) is 36.7 Å². The fourth-order valence-corrected chi connectivity index (χ4v) is 2.90. The predicted octanol–water partition coefficient (Wildman–Crippen LogP) is 1.84. The maximum atomic E-state index is 12.6. The minimum Gasteiger partial charge on any atom is -0.496 e. The summed E-state index contributed by atoms with van der Waals surface area (Å²) in [6.45, 7) is 2.42. The van der Waals surface area contributed by atoms with Gasteiger partial charge in [-0.1, -0.05) is 17.3 Å². The monoisotopic (exact) mass is 300 g/mol. The molecule has 0 saturated carbocycles. The molecule has 0 spiro atoms. The molecule has 2 aromatic rings. The number of methoxy groups -OCH3 is 1. The molecule has 3 rings (SSSR count). The van der Waals surface area contributed by atoms with Crippen LogP contribution in [0.5, 0.6) is 5.75 Å². The summed E-state index contributed by atoms with van der Waals surface area (Å²) in [6, 6.07) is 7.39. The number of benzene rings is 1. The van der Waals surface area contributed by atoms with E-state index in [2.05, 4.69) is 10.3 Å². The first-order chi connectivity index (χ1) is 10.8.